The van der Waals surface area contributed by atoms with Crippen LogP contribution in [-0.4, -0.2) is 53.2 Å². The molecule has 0 aliphatic carbocycles. The molecule has 8 nitrogen and oxygen atoms in total. The summed E-state index contributed by atoms with van der Waals surface area (Å²) in [5.74, 6) is 0.385. The number of methoxy groups -OCH3 is 2. The Hall–Kier alpha value is -2.85. The van der Waals surface area contributed by atoms with E-state index in [0.717, 1.165) is 0 Å². The maximum Gasteiger partial charge on any atom is 0.321 e. The molecule has 0 unspecified atom stereocenters. The number of nitrogens with zero attached hydrogens (tertiary/aromatic N) is 1. The van der Waals surface area contributed by atoms with Gasteiger partial charge in [-0.3, -0.25) is 0 Å². The van der Waals surface area contributed by atoms with E-state index in [1.165, 1.54) is 44.6 Å². The smallest absolute Gasteiger partial charge is 0.321 e. The number of hydrogen-bond donors (Lipinski definition) is 2. The standard InChI is InChI=1S/C21H26FN3O5S/c1-29-18-7-8-19(30-2)20(13-18)31(27,28)23-14-15-9-11-25(12-10-15)21(26)24-17-5-3-16(22)4-6-17/h3-8,13,15,23H,9-12,14H2,1-2H3,(H,24,26). The monoisotopic (exact) mass is 451 g/mol. The number of ether oxygens (including phenoxy) is 2. The zero-order chi connectivity index (χ0) is 22.4. The highest BCUT2D eigenvalue weighted by Gasteiger charge is 2.26. The first kappa shape index (κ1) is 22.8. The SMILES string of the molecule is COc1ccc(OC)c(S(=O)(=O)NCC2CCN(C(=O)Nc3ccc(F)cc3)CC2)c1. The zero-order valence-corrected chi connectivity index (χ0v) is 18.2. The zero-order valence-electron chi connectivity index (χ0n) is 17.4. The summed E-state index contributed by atoms with van der Waals surface area (Å²) in [4.78, 5) is 14.1. The highest BCUT2D eigenvalue weighted by molar-refractivity contribution is 7.89. The first-order valence-electron chi connectivity index (χ1n) is 9.85. The average molecular weight is 452 g/mol. The van der Waals surface area contributed by atoms with Gasteiger partial charge in [-0.15, -0.1) is 0 Å². The number of rotatable bonds is 7. The summed E-state index contributed by atoms with van der Waals surface area (Å²) >= 11 is 0. The van der Waals surface area contributed by atoms with Gasteiger partial charge in [0.2, 0.25) is 10.0 Å². The minimum Gasteiger partial charge on any atom is -0.497 e. The molecule has 1 aliphatic heterocycles. The summed E-state index contributed by atoms with van der Waals surface area (Å²) < 4.78 is 51.5. The molecule has 2 aromatic rings. The molecule has 1 heterocycles. The van der Waals surface area contributed by atoms with Crippen molar-refractivity contribution in [3.05, 3.63) is 48.3 Å². The van der Waals surface area contributed by atoms with E-state index in [1.54, 1.807) is 17.0 Å². The molecule has 0 bridgehead atoms. The molecule has 0 aromatic heterocycles. The lowest BCUT2D eigenvalue weighted by Gasteiger charge is -2.32. The third-order valence-electron chi connectivity index (χ3n) is 5.22. The van der Waals surface area contributed by atoms with Crippen LogP contribution in [0.25, 0.3) is 0 Å². The Bertz CT molecular complexity index is 1010. The number of urea groups is 1. The first-order chi connectivity index (χ1) is 14.8. The molecule has 2 N–H and O–H groups in total. The number of nitrogens with one attached hydrogen (secondary N) is 2. The third kappa shape index (κ3) is 5.86. The van der Waals surface area contributed by atoms with Crippen LogP contribution >= 0.6 is 0 Å². The number of hydrogen-bond acceptors (Lipinski definition) is 5. The lowest BCUT2D eigenvalue weighted by Crippen LogP contribution is -2.43. The largest absolute Gasteiger partial charge is 0.497 e. The molecular formula is C21H26FN3O5S. The maximum atomic E-state index is 13.0. The first-order valence-corrected chi connectivity index (χ1v) is 11.3. The lowest BCUT2D eigenvalue weighted by molar-refractivity contribution is 0.183. The molecule has 0 spiro atoms. The Balaban J connectivity index is 1.53. The van der Waals surface area contributed by atoms with Crippen molar-refractivity contribution in [1.29, 1.82) is 0 Å². The van der Waals surface area contributed by atoms with E-state index in [0.29, 0.717) is 37.4 Å². The maximum absolute atomic E-state index is 13.0. The molecule has 10 heteroatoms. The van der Waals surface area contributed by atoms with Gasteiger partial charge in [-0.25, -0.2) is 22.3 Å². The molecule has 1 aliphatic rings. The second-order valence-electron chi connectivity index (χ2n) is 7.24. The summed E-state index contributed by atoms with van der Waals surface area (Å²) in [5.41, 5.74) is 0.522. The van der Waals surface area contributed by atoms with E-state index < -0.39 is 10.0 Å². The molecule has 0 saturated carbocycles. The number of piperidine rings is 1. The molecule has 3 rings (SSSR count). The fraction of sp³-hybridized carbons (Fsp3) is 0.381. The molecule has 0 radical (unpaired) electrons. The van der Waals surface area contributed by atoms with Crippen molar-refractivity contribution < 1.29 is 27.1 Å². The van der Waals surface area contributed by atoms with Gasteiger partial charge in [-0.05, 0) is 55.2 Å². The van der Waals surface area contributed by atoms with Gasteiger partial charge in [0.05, 0.1) is 14.2 Å². The van der Waals surface area contributed by atoms with Crippen molar-refractivity contribution in [1.82, 2.24) is 9.62 Å². The quantitative estimate of drug-likeness (QED) is 0.674. The van der Waals surface area contributed by atoms with Crippen molar-refractivity contribution in [3.63, 3.8) is 0 Å². The summed E-state index contributed by atoms with van der Waals surface area (Å²) in [6.07, 6.45) is 1.32. The van der Waals surface area contributed by atoms with E-state index in [1.807, 2.05) is 0 Å². The molecule has 2 aromatic carbocycles. The summed E-state index contributed by atoms with van der Waals surface area (Å²) in [5, 5.41) is 2.74. The van der Waals surface area contributed by atoms with Crippen molar-refractivity contribution in [2.75, 3.05) is 39.2 Å². The lowest BCUT2D eigenvalue weighted by atomic mass is 9.97. The Kier molecular flexibility index (Phi) is 7.34. The Labute approximate surface area is 181 Å². The minimum atomic E-state index is -3.79. The van der Waals surface area contributed by atoms with Crippen LogP contribution < -0.4 is 19.5 Å². The molecular weight excluding hydrogens is 425 g/mol. The Morgan fingerprint density at radius 2 is 1.77 bits per heavy atom. The molecule has 31 heavy (non-hydrogen) atoms. The molecule has 1 saturated heterocycles. The van der Waals surface area contributed by atoms with Gasteiger partial charge in [0.1, 0.15) is 22.2 Å². The number of halogens is 1. The number of benzene rings is 2. The summed E-state index contributed by atoms with van der Waals surface area (Å²) in [7, 11) is -0.913. The normalized spacial score (nSPS) is 14.9. The van der Waals surface area contributed by atoms with Gasteiger partial charge < -0.3 is 19.7 Å². The van der Waals surface area contributed by atoms with Crippen LogP contribution in [0.1, 0.15) is 12.8 Å². The highest BCUT2D eigenvalue weighted by Crippen LogP contribution is 2.28. The predicted molar refractivity (Wildman–Crippen MR) is 114 cm³/mol. The van der Waals surface area contributed by atoms with Gasteiger partial charge in [0.15, 0.2) is 0 Å². The number of likely N-dealkylation sites (tertiary alicyclic amines) is 1. The van der Waals surface area contributed by atoms with Crippen LogP contribution in [0.2, 0.25) is 0 Å². The average Bonchev–Trinajstić information content (AvgIpc) is 2.79. The van der Waals surface area contributed by atoms with E-state index in [-0.39, 0.29) is 35.0 Å². The van der Waals surface area contributed by atoms with Gasteiger partial charge in [0.25, 0.3) is 0 Å². The molecule has 2 amide bonds. The fourth-order valence-electron chi connectivity index (χ4n) is 3.38. The second kappa shape index (κ2) is 9.97. The van der Waals surface area contributed by atoms with E-state index in [9.17, 15) is 17.6 Å². The van der Waals surface area contributed by atoms with Crippen LogP contribution in [0.4, 0.5) is 14.9 Å². The second-order valence-corrected chi connectivity index (χ2v) is 8.97. The van der Waals surface area contributed by atoms with Gasteiger partial charge in [0, 0.05) is 31.4 Å². The van der Waals surface area contributed by atoms with E-state index in [2.05, 4.69) is 10.0 Å². The number of anilines is 1. The number of carbonyl (C=O) groups excluding carboxylic acids is 1. The number of amides is 2. The van der Waals surface area contributed by atoms with Crippen molar-refractivity contribution in [2.24, 2.45) is 5.92 Å². The van der Waals surface area contributed by atoms with Gasteiger partial charge in [-0.2, -0.15) is 0 Å². The minimum absolute atomic E-state index is 0.0189. The highest BCUT2D eigenvalue weighted by atomic mass is 32.2. The van der Waals surface area contributed by atoms with Crippen LogP contribution in [-0.2, 0) is 10.0 Å². The van der Waals surface area contributed by atoms with Crippen LogP contribution in [0.3, 0.4) is 0 Å². The summed E-state index contributed by atoms with van der Waals surface area (Å²) in [6.45, 7) is 1.26. The Morgan fingerprint density at radius 3 is 2.39 bits per heavy atom. The molecule has 0 atom stereocenters. The van der Waals surface area contributed by atoms with Crippen LogP contribution in [0.15, 0.2) is 47.4 Å². The van der Waals surface area contributed by atoms with Crippen LogP contribution in [0, 0.1) is 11.7 Å². The number of sulfonamides is 1. The van der Waals surface area contributed by atoms with Crippen molar-refractivity contribution >= 4 is 21.7 Å². The fourth-order valence-corrected chi connectivity index (χ4v) is 4.67. The molecule has 168 valence electrons. The van der Waals surface area contributed by atoms with Crippen molar-refractivity contribution in [3.8, 4) is 11.5 Å². The molecule has 1 fully saturated rings. The van der Waals surface area contributed by atoms with Crippen LogP contribution in [0.5, 0.6) is 11.5 Å². The predicted octanol–water partition coefficient (Wildman–Crippen LogP) is 3.07. The Morgan fingerprint density at radius 1 is 1.10 bits per heavy atom. The van der Waals surface area contributed by atoms with Crippen molar-refractivity contribution in [2.45, 2.75) is 17.7 Å². The van der Waals surface area contributed by atoms with Gasteiger partial charge in [-0.1, -0.05) is 0 Å². The summed E-state index contributed by atoms with van der Waals surface area (Å²) in [6, 6.07) is 9.91. The van der Waals surface area contributed by atoms with Gasteiger partial charge >= 0.3 is 6.03 Å². The topological polar surface area (TPSA) is 97.0 Å². The number of carbonyl (C=O) groups is 1. The van der Waals surface area contributed by atoms with E-state index in [4.69, 9.17) is 9.47 Å². The van der Waals surface area contributed by atoms with E-state index >= 15 is 0 Å². The third-order valence-corrected chi connectivity index (χ3v) is 6.66.